The van der Waals surface area contributed by atoms with Crippen molar-refractivity contribution in [2.45, 2.75) is 166 Å². The molecule has 1 aromatic carbocycles. The van der Waals surface area contributed by atoms with Gasteiger partial charge in [0.2, 0.25) is 0 Å². The molecule has 0 saturated heterocycles. The maximum Gasteiger partial charge on any atom is 0.0348 e. The molecule has 260 valence electrons. The van der Waals surface area contributed by atoms with E-state index in [0.717, 1.165) is 29.5 Å². The molecule has 2 aliphatic carbocycles. The maximum absolute atomic E-state index is 5.28. The molecular formula is C45H75N. The van der Waals surface area contributed by atoms with Crippen molar-refractivity contribution in [3.05, 3.63) is 77.5 Å². The van der Waals surface area contributed by atoms with Gasteiger partial charge in [0.05, 0.1) is 0 Å². The molecule has 46 heavy (non-hydrogen) atoms. The Balaban J connectivity index is 0. The molecule has 0 unspecified atom stereocenters. The highest BCUT2D eigenvalue weighted by Gasteiger charge is 2.23. The van der Waals surface area contributed by atoms with Crippen molar-refractivity contribution in [2.75, 3.05) is 0 Å². The Labute approximate surface area is 289 Å². The lowest BCUT2D eigenvalue weighted by Gasteiger charge is -2.29. The third-order valence-corrected chi connectivity index (χ3v) is 8.45. The van der Waals surface area contributed by atoms with Crippen LogP contribution in [0.1, 0.15) is 176 Å². The highest BCUT2D eigenvalue weighted by molar-refractivity contribution is 6.11. The minimum Gasteiger partial charge on any atom is -0.262 e. The van der Waals surface area contributed by atoms with E-state index in [1.54, 1.807) is 6.08 Å². The fourth-order valence-electron chi connectivity index (χ4n) is 5.46. The first-order chi connectivity index (χ1) is 21.9. The molecule has 0 aliphatic heterocycles. The standard InChI is InChI=1S/C23H33N.C11H18.C5H10.C3H8.C3H6/c1-7-19-10-13-21(23(16(2)3)15-24-17(4)5)22(14-19)20-11-8-18(6)9-12-20;1-5-8-11(9-6-2)10(4)7-3;1-2-5-3-4-5;2*1-3-2/h10,13-15,18,20H,4,7-9,11-12H2,1-3,5-6H3;3,11H,4-6,8-9H2,1-2H3;5H,2-4H2,1H3;3H2,1-2H3;3H,1H2,2H3. The maximum atomic E-state index is 5.28. The van der Waals surface area contributed by atoms with Crippen LogP contribution in [0.2, 0.25) is 0 Å². The predicted octanol–water partition coefficient (Wildman–Crippen LogP) is 14.7. The first-order valence-electron chi connectivity index (χ1n) is 18.7. The Kier molecular flexibility index (Phi) is 28.3. The topological polar surface area (TPSA) is 12.4 Å². The van der Waals surface area contributed by atoms with Gasteiger partial charge in [-0.3, -0.25) is 4.99 Å². The zero-order valence-electron chi connectivity index (χ0n) is 32.5. The molecule has 0 radical (unpaired) electrons. The number of benzene rings is 1. The van der Waals surface area contributed by atoms with Crippen LogP contribution in [-0.4, -0.2) is 6.21 Å². The summed E-state index contributed by atoms with van der Waals surface area (Å²) in [6.07, 6.45) is 25.9. The largest absolute Gasteiger partial charge is 0.262 e. The third-order valence-electron chi connectivity index (χ3n) is 8.45. The second kappa shape index (κ2) is 28.6. The van der Waals surface area contributed by atoms with Crippen molar-refractivity contribution < 1.29 is 0 Å². The van der Waals surface area contributed by atoms with Crippen molar-refractivity contribution in [3.8, 4) is 12.3 Å². The number of hydrogen-bond donors (Lipinski definition) is 0. The van der Waals surface area contributed by atoms with E-state index in [2.05, 4.69) is 111 Å². The summed E-state index contributed by atoms with van der Waals surface area (Å²) >= 11 is 0. The van der Waals surface area contributed by atoms with Crippen LogP contribution in [0.3, 0.4) is 0 Å². The number of hydrogen-bond acceptors (Lipinski definition) is 1. The van der Waals surface area contributed by atoms with Gasteiger partial charge in [-0.2, -0.15) is 0 Å². The number of rotatable bonds is 11. The summed E-state index contributed by atoms with van der Waals surface area (Å²) in [6, 6.07) is 7.05. The molecule has 3 rings (SSSR count). The number of aryl methyl sites for hydroxylation is 1. The molecule has 0 heterocycles. The monoisotopic (exact) mass is 630 g/mol. The van der Waals surface area contributed by atoms with Gasteiger partial charge < -0.3 is 0 Å². The van der Waals surface area contributed by atoms with Crippen LogP contribution in [0, 0.1) is 30.1 Å². The first kappa shape index (κ1) is 45.5. The molecular weight excluding hydrogens is 555 g/mol. The fourth-order valence-corrected chi connectivity index (χ4v) is 5.46. The summed E-state index contributed by atoms with van der Waals surface area (Å²) in [4.78, 5) is 4.49. The van der Waals surface area contributed by atoms with Crippen LogP contribution in [0.4, 0.5) is 0 Å². The van der Waals surface area contributed by atoms with E-state index in [-0.39, 0.29) is 0 Å². The Hall–Kier alpha value is -2.59. The SMILES string of the molecule is C#CC(=C)C(CCC)CCC.C=C(C)N=CC(=C(C)C)c1ccc(CC)cc1C1CCC(C)CC1.C=CC.CCC.CCC1CC1. The highest BCUT2D eigenvalue weighted by Crippen LogP contribution is 2.39. The van der Waals surface area contributed by atoms with Crippen molar-refractivity contribution in [1.82, 2.24) is 0 Å². The summed E-state index contributed by atoms with van der Waals surface area (Å²) in [7, 11) is 0. The van der Waals surface area contributed by atoms with Gasteiger partial charge in [-0.25, -0.2) is 0 Å². The molecule has 2 fully saturated rings. The average molecular weight is 630 g/mol. The number of nitrogens with zero attached hydrogens (tertiary/aromatic N) is 1. The van der Waals surface area contributed by atoms with Crippen LogP contribution in [-0.2, 0) is 6.42 Å². The van der Waals surface area contributed by atoms with Crippen LogP contribution < -0.4 is 0 Å². The molecule has 1 nitrogen and oxygen atoms in total. The van der Waals surface area contributed by atoms with Crippen molar-refractivity contribution >= 4 is 11.8 Å². The Bertz CT molecular complexity index is 1050. The number of terminal acetylenes is 1. The van der Waals surface area contributed by atoms with E-state index in [1.165, 1.54) is 105 Å². The smallest absolute Gasteiger partial charge is 0.0348 e. The minimum atomic E-state index is 0.565. The lowest BCUT2D eigenvalue weighted by molar-refractivity contribution is 0.347. The van der Waals surface area contributed by atoms with Gasteiger partial charge in [-0.05, 0) is 111 Å². The summed E-state index contributed by atoms with van der Waals surface area (Å²) in [5.74, 6) is 5.91. The molecule has 0 spiro atoms. The van der Waals surface area contributed by atoms with Gasteiger partial charge in [0.15, 0.2) is 0 Å². The third kappa shape index (κ3) is 21.3. The van der Waals surface area contributed by atoms with E-state index >= 15 is 0 Å². The van der Waals surface area contributed by atoms with Gasteiger partial charge in [-0.15, -0.1) is 13.0 Å². The zero-order valence-corrected chi connectivity index (χ0v) is 32.5. The van der Waals surface area contributed by atoms with E-state index in [0.29, 0.717) is 11.8 Å². The summed E-state index contributed by atoms with van der Waals surface area (Å²) < 4.78 is 0. The minimum absolute atomic E-state index is 0.565. The zero-order chi connectivity index (χ0) is 35.5. The molecule has 2 aliphatic rings. The Morgan fingerprint density at radius 1 is 0.935 bits per heavy atom. The average Bonchev–Trinajstić information content (AvgIpc) is 3.87. The summed E-state index contributed by atoms with van der Waals surface area (Å²) in [6.45, 7) is 34.9. The normalized spacial score (nSPS) is 16.5. The van der Waals surface area contributed by atoms with Gasteiger partial charge in [0, 0.05) is 11.9 Å². The van der Waals surface area contributed by atoms with E-state index in [9.17, 15) is 0 Å². The second-order valence-electron chi connectivity index (χ2n) is 13.5. The Morgan fingerprint density at radius 2 is 1.46 bits per heavy atom. The highest BCUT2D eigenvalue weighted by atomic mass is 14.7. The van der Waals surface area contributed by atoms with Gasteiger partial charge >= 0.3 is 0 Å². The van der Waals surface area contributed by atoms with Gasteiger partial charge in [0.25, 0.3) is 0 Å². The number of allylic oxidation sites excluding steroid dienone is 5. The van der Waals surface area contributed by atoms with E-state index < -0.39 is 0 Å². The molecule has 0 aromatic heterocycles. The Morgan fingerprint density at radius 3 is 1.80 bits per heavy atom. The molecule has 1 aromatic rings. The van der Waals surface area contributed by atoms with Crippen molar-refractivity contribution in [3.63, 3.8) is 0 Å². The quantitative estimate of drug-likeness (QED) is 0.131. The van der Waals surface area contributed by atoms with Crippen molar-refractivity contribution in [1.29, 1.82) is 0 Å². The van der Waals surface area contributed by atoms with Crippen LogP contribution in [0.25, 0.3) is 5.57 Å². The molecule has 1 heteroatoms. The van der Waals surface area contributed by atoms with Crippen LogP contribution in [0.15, 0.2) is 65.8 Å². The molecule has 0 N–H and O–H groups in total. The first-order valence-corrected chi connectivity index (χ1v) is 18.7. The number of aliphatic imine (C=N–C) groups is 1. The molecule has 0 bridgehead atoms. The van der Waals surface area contributed by atoms with Gasteiger partial charge in [-0.1, -0.05) is 149 Å². The predicted molar refractivity (Wildman–Crippen MR) is 214 cm³/mol. The second-order valence-corrected chi connectivity index (χ2v) is 13.5. The van der Waals surface area contributed by atoms with Crippen LogP contribution >= 0.6 is 0 Å². The van der Waals surface area contributed by atoms with Gasteiger partial charge in [0.1, 0.15) is 0 Å². The molecule has 2 saturated carbocycles. The lowest BCUT2D eigenvalue weighted by Crippen LogP contribution is -2.13. The lowest BCUT2D eigenvalue weighted by atomic mass is 9.76. The van der Waals surface area contributed by atoms with Crippen LogP contribution in [0.5, 0.6) is 0 Å². The van der Waals surface area contributed by atoms with Crippen molar-refractivity contribution in [2.24, 2.45) is 22.7 Å². The molecule has 0 atom stereocenters. The molecule has 0 amide bonds. The summed E-state index contributed by atoms with van der Waals surface area (Å²) in [5.41, 5.74) is 8.75. The van der Waals surface area contributed by atoms with E-state index in [4.69, 9.17) is 6.42 Å². The fraction of sp³-hybridized carbons (Fsp3) is 0.622. The summed E-state index contributed by atoms with van der Waals surface area (Å²) in [5, 5.41) is 0. The van der Waals surface area contributed by atoms with E-state index in [1.807, 2.05) is 20.1 Å².